The number of hydrogen-bond donors (Lipinski definition) is 2. The van der Waals surface area contributed by atoms with Crippen LogP contribution in [0.25, 0.3) is 5.69 Å². The molecule has 0 amide bonds. The fraction of sp³-hybridized carbons (Fsp3) is 0.286. The third kappa shape index (κ3) is 1.90. The topological polar surface area (TPSA) is 67.7 Å². The van der Waals surface area contributed by atoms with Crippen LogP contribution in [0.2, 0.25) is 0 Å². The van der Waals surface area contributed by atoms with E-state index in [-0.39, 0.29) is 5.84 Å². The summed E-state index contributed by atoms with van der Waals surface area (Å²) in [6.07, 6.45) is 0. The normalized spacial score (nSPS) is 10.7. The Balaban J connectivity index is 2.71. The lowest BCUT2D eigenvalue weighted by Gasteiger charge is -2.11. The average molecular weight is 242 g/mol. The van der Waals surface area contributed by atoms with E-state index in [2.05, 4.69) is 12.0 Å². The lowest BCUT2D eigenvalue weighted by Crippen LogP contribution is -2.16. The summed E-state index contributed by atoms with van der Waals surface area (Å²) in [5.74, 6) is 0.0684. The number of nitrogens with two attached hydrogens (primary N) is 1. The Bertz CT molecular complexity index is 623. The molecular formula is C14H18N4. The van der Waals surface area contributed by atoms with Gasteiger partial charge in [0.25, 0.3) is 0 Å². The molecule has 3 N–H and O–H groups in total. The van der Waals surface area contributed by atoms with Crippen molar-refractivity contribution in [2.45, 2.75) is 27.7 Å². The van der Waals surface area contributed by atoms with Crippen molar-refractivity contribution in [2.24, 2.45) is 5.73 Å². The largest absolute Gasteiger partial charge is 0.384 e. The maximum absolute atomic E-state index is 7.69. The molecule has 1 heterocycles. The van der Waals surface area contributed by atoms with Gasteiger partial charge < -0.3 is 5.73 Å². The third-order valence-electron chi connectivity index (χ3n) is 3.32. The average Bonchev–Trinajstić information content (AvgIpc) is 2.57. The molecule has 2 rings (SSSR count). The number of amidine groups is 1. The molecule has 18 heavy (non-hydrogen) atoms. The molecule has 0 aliphatic rings. The highest BCUT2D eigenvalue weighted by Crippen LogP contribution is 2.20. The van der Waals surface area contributed by atoms with Gasteiger partial charge in [-0.15, -0.1) is 0 Å². The summed E-state index contributed by atoms with van der Waals surface area (Å²) in [6, 6.07) is 5.89. The molecule has 4 heteroatoms. The highest BCUT2D eigenvalue weighted by molar-refractivity contribution is 5.98. The first-order chi connectivity index (χ1) is 8.41. The van der Waals surface area contributed by atoms with Gasteiger partial charge in [-0.25, -0.2) is 4.68 Å². The molecule has 0 saturated heterocycles. The van der Waals surface area contributed by atoms with Gasteiger partial charge in [-0.3, -0.25) is 5.41 Å². The molecule has 1 aromatic carbocycles. The van der Waals surface area contributed by atoms with Crippen molar-refractivity contribution >= 4 is 5.84 Å². The summed E-state index contributed by atoms with van der Waals surface area (Å²) >= 11 is 0. The van der Waals surface area contributed by atoms with E-state index in [1.807, 2.05) is 43.7 Å². The molecule has 0 saturated carbocycles. The van der Waals surface area contributed by atoms with E-state index in [4.69, 9.17) is 11.1 Å². The molecule has 2 aromatic rings. The Morgan fingerprint density at radius 2 is 1.89 bits per heavy atom. The molecule has 0 bridgehead atoms. The first kappa shape index (κ1) is 12.4. The van der Waals surface area contributed by atoms with E-state index >= 15 is 0 Å². The predicted molar refractivity (Wildman–Crippen MR) is 73.5 cm³/mol. The third-order valence-corrected chi connectivity index (χ3v) is 3.32. The van der Waals surface area contributed by atoms with Crippen LogP contribution in [0.5, 0.6) is 0 Å². The summed E-state index contributed by atoms with van der Waals surface area (Å²) in [5.41, 5.74) is 11.6. The molecule has 0 fully saturated rings. The van der Waals surface area contributed by atoms with Crippen LogP contribution < -0.4 is 5.73 Å². The summed E-state index contributed by atoms with van der Waals surface area (Å²) < 4.78 is 1.86. The molecule has 94 valence electrons. The molecule has 0 radical (unpaired) electrons. The van der Waals surface area contributed by atoms with E-state index in [0.29, 0.717) is 0 Å². The van der Waals surface area contributed by atoms with Gasteiger partial charge in [0.2, 0.25) is 0 Å². The molecule has 0 aliphatic heterocycles. The number of benzene rings is 1. The second-order valence-corrected chi connectivity index (χ2v) is 4.64. The second-order valence-electron chi connectivity index (χ2n) is 4.64. The van der Waals surface area contributed by atoms with Crippen LogP contribution in [0.15, 0.2) is 18.2 Å². The summed E-state index contributed by atoms with van der Waals surface area (Å²) in [6.45, 7) is 8.05. The first-order valence-corrected chi connectivity index (χ1v) is 5.90. The molecule has 0 atom stereocenters. The second kappa shape index (κ2) is 4.29. The Morgan fingerprint density at radius 3 is 2.39 bits per heavy atom. The highest BCUT2D eigenvalue weighted by Gasteiger charge is 2.13. The smallest absolute Gasteiger partial charge is 0.124 e. The van der Waals surface area contributed by atoms with Gasteiger partial charge in [0.05, 0.1) is 11.4 Å². The number of nitrogens with one attached hydrogen (secondary N) is 1. The standard InChI is InChI=1S/C14H18N4/c1-8-5-6-13(12(7-8)14(15)16)18-11(4)9(2)10(3)17-18/h5-7H,1-4H3,(H3,15,16). The van der Waals surface area contributed by atoms with Gasteiger partial charge in [-0.1, -0.05) is 11.6 Å². The van der Waals surface area contributed by atoms with Crippen LogP contribution in [0.1, 0.15) is 28.1 Å². The van der Waals surface area contributed by atoms with Gasteiger partial charge >= 0.3 is 0 Å². The summed E-state index contributed by atoms with van der Waals surface area (Å²) in [7, 11) is 0. The van der Waals surface area contributed by atoms with Crippen LogP contribution in [0, 0.1) is 33.1 Å². The van der Waals surface area contributed by atoms with E-state index < -0.39 is 0 Å². The van der Waals surface area contributed by atoms with E-state index in [0.717, 1.165) is 28.2 Å². The number of aryl methyl sites for hydroxylation is 2. The minimum absolute atomic E-state index is 0.0684. The van der Waals surface area contributed by atoms with Gasteiger partial charge in [-0.2, -0.15) is 5.10 Å². The van der Waals surface area contributed by atoms with Gasteiger partial charge in [-0.05, 0) is 45.4 Å². The quantitative estimate of drug-likeness (QED) is 0.627. The van der Waals surface area contributed by atoms with Crippen LogP contribution in [0.4, 0.5) is 0 Å². The molecular weight excluding hydrogens is 224 g/mol. The monoisotopic (exact) mass is 242 g/mol. The summed E-state index contributed by atoms with van der Waals surface area (Å²) in [5, 5.41) is 12.2. The van der Waals surface area contributed by atoms with Crippen molar-refractivity contribution in [3.8, 4) is 5.69 Å². The predicted octanol–water partition coefficient (Wildman–Crippen LogP) is 2.39. The molecule has 0 aliphatic carbocycles. The minimum atomic E-state index is 0.0684. The minimum Gasteiger partial charge on any atom is -0.384 e. The maximum Gasteiger partial charge on any atom is 0.124 e. The van der Waals surface area contributed by atoms with Crippen molar-refractivity contribution in [1.82, 2.24) is 9.78 Å². The van der Waals surface area contributed by atoms with E-state index in [1.165, 1.54) is 5.56 Å². The van der Waals surface area contributed by atoms with Crippen LogP contribution >= 0.6 is 0 Å². The Hall–Kier alpha value is -2.10. The highest BCUT2D eigenvalue weighted by atomic mass is 15.3. The molecule has 1 aromatic heterocycles. The lowest BCUT2D eigenvalue weighted by molar-refractivity contribution is 0.830. The molecule has 0 spiro atoms. The number of rotatable bonds is 2. The zero-order valence-electron chi connectivity index (χ0n) is 11.2. The fourth-order valence-electron chi connectivity index (χ4n) is 2.01. The van der Waals surface area contributed by atoms with Gasteiger partial charge in [0, 0.05) is 11.3 Å². The number of aromatic nitrogens is 2. The number of nitrogen functional groups attached to an aromatic ring is 1. The molecule has 0 unspecified atom stereocenters. The summed E-state index contributed by atoms with van der Waals surface area (Å²) in [4.78, 5) is 0. The van der Waals surface area contributed by atoms with Crippen molar-refractivity contribution in [2.75, 3.05) is 0 Å². The van der Waals surface area contributed by atoms with Crippen molar-refractivity contribution < 1.29 is 0 Å². The van der Waals surface area contributed by atoms with Crippen LogP contribution in [-0.4, -0.2) is 15.6 Å². The van der Waals surface area contributed by atoms with Gasteiger partial charge in [0.15, 0.2) is 0 Å². The maximum atomic E-state index is 7.69. The Kier molecular flexibility index (Phi) is 2.95. The van der Waals surface area contributed by atoms with E-state index in [1.54, 1.807) is 0 Å². The SMILES string of the molecule is Cc1ccc(-n2nc(C)c(C)c2C)c(C(=N)N)c1. The lowest BCUT2D eigenvalue weighted by atomic mass is 10.1. The van der Waals surface area contributed by atoms with Crippen molar-refractivity contribution in [3.63, 3.8) is 0 Å². The zero-order chi connectivity index (χ0) is 13.4. The van der Waals surface area contributed by atoms with Gasteiger partial charge in [0.1, 0.15) is 5.84 Å². The zero-order valence-corrected chi connectivity index (χ0v) is 11.2. The molecule has 4 nitrogen and oxygen atoms in total. The van der Waals surface area contributed by atoms with E-state index in [9.17, 15) is 0 Å². The first-order valence-electron chi connectivity index (χ1n) is 5.90. The number of hydrogen-bond acceptors (Lipinski definition) is 2. The van der Waals surface area contributed by atoms with Crippen molar-refractivity contribution in [3.05, 3.63) is 46.3 Å². The Morgan fingerprint density at radius 1 is 1.22 bits per heavy atom. The van der Waals surface area contributed by atoms with Crippen LogP contribution in [-0.2, 0) is 0 Å². The fourth-order valence-corrected chi connectivity index (χ4v) is 2.01. The Labute approximate surface area is 107 Å². The number of nitrogens with zero attached hydrogens (tertiary/aromatic N) is 2. The van der Waals surface area contributed by atoms with Crippen LogP contribution in [0.3, 0.4) is 0 Å². The van der Waals surface area contributed by atoms with Crippen molar-refractivity contribution in [1.29, 1.82) is 5.41 Å².